The number of carbonyl (C=O) groups is 1. The molecule has 1 aromatic rings. The molecule has 0 bridgehead atoms. The molecule has 0 aliphatic heterocycles. The highest BCUT2D eigenvalue weighted by Gasteiger charge is 2.16. The van der Waals surface area contributed by atoms with Crippen molar-refractivity contribution in [3.8, 4) is 0 Å². The summed E-state index contributed by atoms with van der Waals surface area (Å²) < 4.78 is 10.9. The molecule has 7 nitrogen and oxygen atoms in total. The van der Waals surface area contributed by atoms with E-state index >= 15 is 0 Å². The largest absolute Gasteiger partial charge is 0.385 e. The first-order chi connectivity index (χ1) is 9.95. The number of benzene rings is 1. The molecular formula is C13H19N3O4S. The van der Waals surface area contributed by atoms with E-state index in [9.17, 15) is 19.1 Å². The molecule has 1 atom stereocenters. The van der Waals surface area contributed by atoms with Gasteiger partial charge in [0.2, 0.25) is 0 Å². The number of amides is 1. The van der Waals surface area contributed by atoms with Crippen molar-refractivity contribution in [1.29, 1.82) is 0 Å². The molecule has 21 heavy (non-hydrogen) atoms. The van der Waals surface area contributed by atoms with E-state index in [1.165, 1.54) is 18.2 Å². The third-order valence-corrected chi connectivity index (χ3v) is 3.58. The van der Waals surface area contributed by atoms with Crippen LogP contribution in [0.1, 0.15) is 23.7 Å². The number of nitrogens with zero attached hydrogens (tertiary/aromatic N) is 1. The molecule has 0 radical (unpaired) electrons. The Hall–Kier alpha value is -1.96. The summed E-state index contributed by atoms with van der Waals surface area (Å²) in [5.41, 5.74) is 0.666. The lowest BCUT2D eigenvalue weighted by Gasteiger charge is -2.11. The Balaban J connectivity index is 2.81. The van der Waals surface area contributed by atoms with Crippen LogP contribution in [0.5, 0.6) is 0 Å². The second-order valence-corrected chi connectivity index (χ2v) is 5.96. The average molecular weight is 313 g/mol. The maximum absolute atomic E-state index is 12.1. The Morgan fingerprint density at radius 3 is 2.71 bits per heavy atom. The van der Waals surface area contributed by atoms with Crippen LogP contribution in [0.25, 0.3) is 0 Å². The summed E-state index contributed by atoms with van der Waals surface area (Å²) in [4.78, 5) is 22.4. The van der Waals surface area contributed by atoms with Gasteiger partial charge in [0.25, 0.3) is 11.6 Å². The Morgan fingerprint density at radius 2 is 2.14 bits per heavy atom. The molecule has 0 saturated heterocycles. The van der Waals surface area contributed by atoms with E-state index in [0.717, 1.165) is 0 Å². The minimum atomic E-state index is -0.895. The number of nitrogens with one attached hydrogen (secondary N) is 2. The van der Waals surface area contributed by atoms with Gasteiger partial charge in [0.1, 0.15) is 0 Å². The van der Waals surface area contributed by atoms with E-state index < -0.39 is 15.7 Å². The van der Waals surface area contributed by atoms with Crippen molar-refractivity contribution >= 4 is 28.1 Å². The summed E-state index contributed by atoms with van der Waals surface area (Å²) in [6, 6.07) is 4.14. The normalized spacial score (nSPS) is 11.7. The SMILES string of the molecule is CCNc1ccc([N+](=O)[O-])cc1C(=O)NCCCS(C)=O. The van der Waals surface area contributed by atoms with Crippen LogP contribution in [0, 0.1) is 10.1 Å². The minimum absolute atomic E-state index is 0.128. The first-order valence-electron chi connectivity index (χ1n) is 6.56. The third-order valence-electron chi connectivity index (χ3n) is 2.72. The molecule has 1 aromatic carbocycles. The van der Waals surface area contributed by atoms with Crippen LogP contribution in [0.2, 0.25) is 0 Å². The van der Waals surface area contributed by atoms with Crippen LogP contribution < -0.4 is 10.6 Å². The molecule has 0 aliphatic carbocycles. The van der Waals surface area contributed by atoms with Crippen LogP contribution in [0.4, 0.5) is 11.4 Å². The zero-order valence-corrected chi connectivity index (χ0v) is 12.9. The summed E-state index contributed by atoms with van der Waals surface area (Å²) in [7, 11) is -0.895. The van der Waals surface area contributed by atoms with Crippen LogP contribution in [-0.2, 0) is 10.8 Å². The highest BCUT2D eigenvalue weighted by molar-refractivity contribution is 7.84. The van der Waals surface area contributed by atoms with Gasteiger partial charge in [-0.3, -0.25) is 19.1 Å². The molecule has 0 fully saturated rings. The van der Waals surface area contributed by atoms with Gasteiger partial charge < -0.3 is 10.6 Å². The van der Waals surface area contributed by atoms with Crippen LogP contribution in [0.3, 0.4) is 0 Å². The number of anilines is 1. The predicted molar refractivity (Wildman–Crippen MR) is 83.1 cm³/mol. The molecule has 116 valence electrons. The van der Waals surface area contributed by atoms with E-state index in [0.29, 0.717) is 31.0 Å². The maximum atomic E-state index is 12.1. The van der Waals surface area contributed by atoms with Gasteiger partial charge in [-0.1, -0.05) is 0 Å². The quantitative estimate of drug-likeness (QED) is 0.430. The van der Waals surface area contributed by atoms with Gasteiger partial charge in [-0.05, 0) is 19.4 Å². The monoisotopic (exact) mass is 313 g/mol. The Morgan fingerprint density at radius 1 is 1.43 bits per heavy atom. The summed E-state index contributed by atoms with van der Waals surface area (Å²) >= 11 is 0. The topological polar surface area (TPSA) is 101 Å². The molecule has 0 saturated carbocycles. The van der Waals surface area contributed by atoms with Crippen molar-refractivity contribution in [2.45, 2.75) is 13.3 Å². The van der Waals surface area contributed by atoms with Gasteiger partial charge >= 0.3 is 0 Å². The van der Waals surface area contributed by atoms with Gasteiger partial charge in [0.05, 0.1) is 10.5 Å². The van der Waals surface area contributed by atoms with E-state index in [2.05, 4.69) is 10.6 Å². The zero-order valence-electron chi connectivity index (χ0n) is 12.0. The standard InChI is InChI=1S/C13H19N3O4S/c1-3-14-12-6-5-10(16(18)19)9-11(12)13(17)15-7-4-8-21(2)20/h5-6,9,14H,3-4,7-8H2,1-2H3,(H,15,17). The first kappa shape index (κ1) is 17.1. The number of hydrogen-bond donors (Lipinski definition) is 2. The van der Waals surface area contributed by atoms with Crippen LogP contribution >= 0.6 is 0 Å². The number of nitro groups is 1. The number of hydrogen-bond acceptors (Lipinski definition) is 5. The van der Waals surface area contributed by atoms with Gasteiger partial charge in [0.15, 0.2) is 0 Å². The van der Waals surface area contributed by atoms with Crippen molar-refractivity contribution in [2.75, 3.05) is 30.4 Å². The highest BCUT2D eigenvalue weighted by atomic mass is 32.2. The lowest BCUT2D eigenvalue weighted by molar-refractivity contribution is -0.384. The Kier molecular flexibility index (Phi) is 6.80. The van der Waals surface area contributed by atoms with Gasteiger partial charge in [-0.25, -0.2) is 0 Å². The number of non-ortho nitro benzene ring substituents is 1. The zero-order chi connectivity index (χ0) is 15.8. The molecule has 1 unspecified atom stereocenters. The summed E-state index contributed by atoms with van der Waals surface area (Å²) in [5.74, 6) is 0.131. The van der Waals surface area contributed by atoms with E-state index in [1.807, 2.05) is 6.92 Å². The maximum Gasteiger partial charge on any atom is 0.270 e. The first-order valence-corrected chi connectivity index (χ1v) is 8.29. The van der Waals surface area contributed by atoms with Crippen molar-refractivity contribution in [1.82, 2.24) is 5.32 Å². The molecular weight excluding hydrogens is 294 g/mol. The minimum Gasteiger partial charge on any atom is -0.385 e. The van der Waals surface area contributed by atoms with Crippen LogP contribution in [0.15, 0.2) is 18.2 Å². The van der Waals surface area contributed by atoms with Crippen LogP contribution in [-0.4, -0.2) is 40.1 Å². The van der Waals surface area contributed by atoms with E-state index in [1.54, 1.807) is 6.26 Å². The fourth-order valence-electron chi connectivity index (χ4n) is 1.75. The van der Waals surface area contributed by atoms with Crippen molar-refractivity contribution < 1.29 is 13.9 Å². The Labute approximate surface area is 125 Å². The molecule has 0 spiro atoms. The molecule has 0 heterocycles. The van der Waals surface area contributed by atoms with Crippen molar-refractivity contribution in [3.63, 3.8) is 0 Å². The summed E-state index contributed by atoms with van der Waals surface area (Å²) in [6.45, 7) is 2.86. The smallest absolute Gasteiger partial charge is 0.270 e. The lowest BCUT2D eigenvalue weighted by atomic mass is 10.1. The van der Waals surface area contributed by atoms with Gasteiger partial charge in [0, 0.05) is 53.7 Å². The fourth-order valence-corrected chi connectivity index (χ4v) is 2.30. The van der Waals surface area contributed by atoms with Gasteiger partial charge in [-0.2, -0.15) is 0 Å². The second-order valence-electron chi connectivity index (χ2n) is 4.40. The molecule has 2 N–H and O–H groups in total. The highest BCUT2D eigenvalue weighted by Crippen LogP contribution is 2.22. The molecule has 8 heteroatoms. The Bertz CT molecular complexity index is 548. The summed E-state index contributed by atoms with van der Waals surface area (Å²) in [5, 5.41) is 16.5. The average Bonchev–Trinajstić information content (AvgIpc) is 2.43. The molecule has 0 aromatic heterocycles. The number of rotatable bonds is 8. The lowest BCUT2D eigenvalue weighted by Crippen LogP contribution is -2.26. The van der Waals surface area contributed by atoms with Gasteiger partial charge in [-0.15, -0.1) is 0 Å². The third kappa shape index (κ3) is 5.50. The molecule has 1 amide bonds. The fraction of sp³-hybridized carbons (Fsp3) is 0.462. The van der Waals surface area contributed by atoms with E-state index in [-0.39, 0.29) is 17.2 Å². The molecule has 1 rings (SSSR count). The van der Waals surface area contributed by atoms with Crippen molar-refractivity contribution in [3.05, 3.63) is 33.9 Å². The van der Waals surface area contributed by atoms with Crippen molar-refractivity contribution in [2.24, 2.45) is 0 Å². The number of carbonyl (C=O) groups excluding carboxylic acids is 1. The summed E-state index contributed by atoms with van der Waals surface area (Å²) in [6.07, 6.45) is 2.20. The van der Waals surface area contributed by atoms with E-state index in [4.69, 9.17) is 0 Å². The number of nitro benzene ring substituents is 1. The molecule has 0 aliphatic rings. The predicted octanol–water partition coefficient (Wildman–Crippen LogP) is 1.52. The second kappa shape index (κ2) is 8.35.